The average molecular weight is 273 g/mol. The van der Waals surface area contributed by atoms with Crippen LogP contribution in [0.2, 0.25) is 0 Å². The number of rotatable bonds is 8. The first-order valence-corrected chi connectivity index (χ1v) is 5.85. The first kappa shape index (κ1) is 15.5. The van der Waals surface area contributed by atoms with Crippen LogP contribution >= 0.6 is 0 Å². The molecule has 19 heavy (non-hydrogen) atoms. The van der Waals surface area contributed by atoms with Crippen molar-refractivity contribution >= 4 is 5.78 Å². The van der Waals surface area contributed by atoms with Crippen molar-refractivity contribution in [3.8, 4) is 5.75 Å². The summed E-state index contributed by atoms with van der Waals surface area (Å²) in [5.74, 6) is -0.109. The molecular weight excluding hydrogens is 256 g/mol. The highest BCUT2D eigenvalue weighted by Crippen LogP contribution is 2.16. The van der Waals surface area contributed by atoms with Gasteiger partial charge in [-0.2, -0.15) is 8.78 Å². The SMILES string of the molecule is COCCC(N)CC(=O)c1ccc(OC(F)F)cc1. The van der Waals surface area contributed by atoms with Crippen molar-refractivity contribution in [2.45, 2.75) is 25.5 Å². The Morgan fingerprint density at radius 3 is 2.47 bits per heavy atom. The Bertz CT molecular complexity index is 395. The van der Waals surface area contributed by atoms with Crippen LogP contribution < -0.4 is 10.5 Å². The van der Waals surface area contributed by atoms with Gasteiger partial charge in [0.25, 0.3) is 0 Å². The fourth-order valence-electron chi connectivity index (χ4n) is 1.55. The van der Waals surface area contributed by atoms with Crippen LogP contribution in [-0.2, 0) is 4.74 Å². The van der Waals surface area contributed by atoms with Gasteiger partial charge in [-0.15, -0.1) is 0 Å². The topological polar surface area (TPSA) is 61.5 Å². The molecule has 0 saturated carbocycles. The van der Waals surface area contributed by atoms with E-state index in [0.717, 1.165) is 0 Å². The minimum atomic E-state index is -2.87. The number of alkyl halides is 2. The molecule has 0 radical (unpaired) electrons. The van der Waals surface area contributed by atoms with E-state index in [-0.39, 0.29) is 24.0 Å². The number of nitrogens with two attached hydrogens (primary N) is 1. The Balaban J connectivity index is 2.53. The molecule has 0 saturated heterocycles. The highest BCUT2D eigenvalue weighted by molar-refractivity contribution is 5.96. The normalized spacial score (nSPS) is 12.5. The minimum Gasteiger partial charge on any atom is -0.435 e. The van der Waals surface area contributed by atoms with Crippen molar-refractivity contribution in [3.63, 3.8) is 0 Å². The maximum atomic E-state index is 12.0. The van der Waals surface area contributed by atoms with Gasteiger partial charge in [0, 0.05) is 31.7 Å². The molecule has 0 aromatic heterocycles. The highest BCUT2D eigenvalue weighted by atomic mass is 19.3. The van der Waals surface area contributed by atoms with E-state index in [1.807, 2.05) is 0 Å². The number of halogens is 2. The van der Waals surface area contributed by atoms with E-state index in [1.165, 1.54) is 24.3 Å². The molecule has 1 rings (SSSR count). The highest BCUT2D eigenvalue weighted by Gasteiger charge is 2.12. The number of ketones is 1. The lowest BCUT2D eigenvalue weighted by molar-refractivity contribution is -0.0498. The molecule has 1 atom stereocenters. The van der Waals surface area contributed by atoms with Gasteiger partial charge in [-0.1, -0.05) is 0 Å². The molecule has 2 N–H and O–H groups in total. The van der Waals surface area contributed by atoms with Crippen LogP contribution in [0.3, 0.4) is 0 Å². The number of methoxy groups -OCH3 is 1. The van der Waals surface area contributed by atoms with Crippen LogP contribution in [0, 0.1) is 0 Å². The van der Waals surface area contributed by atoms with Crippen LogP contribution in [0.5, 0.6) is 5.75 Å². The molecule has 0 aliphatic carbocycles. The van der Waals surface area contributed by atoms with Crippen LogP contribution in [0.15, 0.2) is 24.3 Å². The van der Waals surface area contributed by atoms with Gasteiger partial charge in [-0.25, -0.2) is 0 Å². The average Bonchev–Trinajstić information content (AvgIpc) is 2.36. The van der Waals surface area contributed by atoms with Crippen molar-refractivity contribution in [1.29, 1.82) is 0 Å². The molecule has 6 heteroatoms. The summed E-state index contributed by atoms with van der Waals surface area (Å²) in [5.41, 5.74) is 6.19. The number of Topliss-reactive ketones (excluding diaryl/α,β-unsaturated/α-hetero) is 1. The molecule has 1 aromatic carbocycles. The zero-order valence-corrected chi connectivity index (χ0v) is 10.6. The summed E-state index contributed by atoms with van der Waals surface area (Å²) >= 11 is 0. The summed E-state index contributed by atoms with van der Waals surface area (Å²) in [5, 5.41) is 0. The molecular formula is C13H17F2NO3. The molecule has 0 heterocycles. The largest absolute Gasteiger partial charge is 0.435 e. The number of carbonyl (C=O) groups excluding carboxylic acids is 1. The van der Waals surface area contributed by atoms with Crippen LogP contribution in [0.4, 0.5) is 8.78 Å². The van der Waals surface area contributed by atoms with E-state index < -0.39 is 6.61 Å². The van der Waals surface area contributed by atoms with E-state index in [9.17, 15) is 13.6 Å². The van der Waals surface area contributed by atoms with Crippen molar-refractivity contribution < 1.29 is 23.0 Å². The maximum Gasteiger partial charge on any atom is 0.387 e. The van der Waals surface area contributed by atoms with E-state index in [0.29, 0.717) is 18.6 Å². The molecule has 1 aromatic rings. The molecule has 0 aliphatic heterocycles. The first-order chi connectivity index (χ1) is 9.02. The zero-order chi connectivity index (χ0) is 14.3. The smallest absolute Gasteiger partial charge is 0.387 e. The van der Waals surface area contributed by atoms with Crippen LogP contribution in [-0.4, -0.2) is 32.2 Å². The lowest BCUT2D eigenvalue weighted by Gasteiger charge is -2.10. The summed E-state index contributed by atoms with van der Waals surface area (Å²) in [6, 6.07) is 5.29. The fourth-order valence-corrected chi connectivity index (χ4v) is 1.55. The van der Waals surface area contributed by atoms with Crippen molar-refractivity contribution in [3.05, 3.63) is 29.8 Å². The second kappa shape index (κ2) is 7.81. The number of carbonyl (C=O) groups is 1. The Morgan fingerprint density at radius 1 is 1.32 bits per heavy atom. The predicted octanol–water partition coefficient (Wildman–Crippen LogP) is 2.22. The number of benzene rings is 1. The van der Waals surface area contributed by atoms with Gasteiger partial charge in [-0.3, -0.25) is 4.79 Å². The first-order valence-electron chi connectivity index (χ1n) is 5.85. The minimum absolute atomic E-state index is 0.0234. The lowest BCUT2D eigenvalue weighted by Crippen LogP contribution is -2.25. The number of hydrogen-bond acceptors (Lipinski definition) is 4. The standard InChI is InChI=1S/C13H17F2NO3/c1-18-7-6-10(16)8-12(17)9-2-4-11(5-3-9)19-13(14)15/h2-5,10,13H,6-8,16H2,1H3. The van der Waals surface area contributed by atoms with E-state index in [2.05, 4.69) is 4.74 Å². The third kappa shape index (κ3) is 5.76. The van der Waals surface area contributed by atoms with E-state index >= 15 is 0 Å². The maximum absolute atomic E-state index is 12.0. The summed E-state index contributed by atoms with van der Waals surface area (Å²) in [6.45, 7) is -2.38. The second-order valence-corrected chi connectivity index (χ2v) is 4.07. The lowest BCUT2D eigenvalue weighted by atomic mass is 10.0. The van der Waals surface area contributed by atoms with Gasteiger partial charge in [0.05, 0.1) is 0 Å². The van der Waals surface area contributed by atoms with Crippen molar-refractivity contribution in [2.75, 3.05) is 13.7 Å². The molecule has 0 aliphatic rings. The van der Waals surface area contributed by atoms with Crippen molar-refractivity contribution in [1.82, 2.24) is 0 Å². The Hall–Kier alpha value is -1.53. The Kier molecular flexibility index (Phi) is 6.38. The van der Waals surface area contributed by atoms with Gasteiger partial charge >= 0.3 is 6.61 Å². The Labute approximate surface area is 110 Å². The van der Waals surface area contributed by atoms with Crippen molar-refractivity contribution in [2.24, 2.45) is 5.73 Å². The molecule has 0 bridgehead atoms. The Morgan fingerprint density at radius 2 is 1.95 bits per heavy atom. The van der Waals surface area contributed by atoms with Crippen LogP contribution in [0.1, 0.15) is 23.2 Å². The second-order valence-electron chi connectivity index (χ2n) is 4.07. The quantitative estimate of drug-likeness (QED) is 0.738. The summed E-state index contributed by atoms with van der Waals surface area (Å²) < 4.78 is 33.0. The summed E-state index contributed by atoms with van der Waals surface area (Å²) in [6.07, 6.45) is 0.785. The monoisotopic (exact) mass is 273 g/mol. The zero-order valence-electron chi connectivity index (χ0n) is 10.6. The predicted molar refractivity (Wildman–Crippen MR) is 66.5 cm³/mol. The molecule has 0 amide bonds. The molecule has 1 unspecified atom stereocenters. The van der Waals surface area contributed by atoms with E-state index in [4.69, 9.17) is 10.5 Å². The van der Waals surface area contributed by atoms with E-state index in [1.54, 1.807) is 7.11 Å². The molecule has 0 spiro atoms. The van der Waals surface area contributed by atoms with Crippen LogP contribution in [0.25, 0.3) is 0 Å². The number of ether oxygens (including phenoxy) is 2. The third-order valence-electron chi connectivity index (χ3n) is 2.54. The van der Waals surface area contributed by atoms with Gasteiger partial charge in [0.2, 0.25) is 0 Å². The van der Waals surface area contributed by atoms with Gasteiger partial charge < -0.3 is 15.2 Å². The van der Waals surface area contributed by atoms with Gasteiger partial charge in [0.15, 0.2) is 5.78 Å². The summed E-state index contributed by atoms with van der Waals surface area (Å²) in [4.78, 5) is 11.8. The molecule has 106 valence electrons. The fraction of sp³-hybridized carbons (Fsp3) is 0.462. The number of hydrogen-bond donors (Lipinski definition) is 1. The third-order valence-corrected chi connectivity index (χ3v) is 2.54. The van der Waals surface area contributed by atoms with Gasteiger partial charge in [0.1, 0.15) is 5.75 Å². The summed E-state index contributed by atoms with van der Waals surface area (Å²) in [7, 11) is 1.57. The van der Waals surface area contributed by atoms with Gasteiger partial charge in [-0.05, 0) is 30.7 Å². The molecule has 4 nitrogen and oxygen atoms in total. The molecule has 0 fully saturated rings.